The van der Waals surface area contributed by atoms with Gasteiger partial charge in [0, 0.05) is 39.6 Å². The van der Waals surface area contributed by atoms with E-state index in [0.29, 0.717) is 38.4 Å². The lowest BCUT2D eigenvalue weighted by atomic mass is 9.94. The molecule has 3 N–H and O–H groups in total. The molecule has 0 aromatic carbocycles. The van der Waals surface area contributed by atoms with Gasteiger partial charge in [-0.2, -0.15) is 0 Å². The molecule has 0 saturated carbocycles. The second-order valence-corrected chi connectivity index (χ2v) is 4.63. The summed E-state index contributed by atoms with van der Waals surface area (Å²) in [5.41, 5.74) is 5.84. The van der Waals surface area contributed by atoms with Gasteiger partial charge in [0.15, 0.2) is 0 Å². The Balaban J connectivity index is 2.00. The van der Waals surface area contributed by atoms with Crippen molar-refractivity contribution in [3.05, 3.63) is 18.3 Å². The second kappa shape index (κ2) is 4.89. The van der Waals surface area contributed by atoms with E-state index in [9.17, 15) is 5.11 Å². The molecule has 0 spiro atoms. The highest BCUT2D eigenvalue weighted by molar-refractivity contribution is 5.47. The zero-order valence-electron chi connectivity index (χ0n) is 10.1. The van der Waals surface area contributed by atoms with E-state index in [2.05, 4.69) is 4.98 Å². The molecule has 1 fully saturated rings. The van der Waals surface area contributed by atoms with Gasteiger partial charge in [0.2, 0.25) is 0 Å². The SMILES string of the molecule is CN(CC1(O)CCOCC1)c1ccc(N)nc1. The van der Waals surface area contributed by atoms with E-state index in [1.165, 1.54) is 0 Å². The number of nitrogen functional groups attached to an aromatic ring is 1. The average Bonchev–Trinajstić information content (AvgIpc) is 2.30. The standard InChI is InChI=1S/C12H19N3O2/c1-15(10-2-3-11(13)14-8-10)9-12(16)4-6-17-7-5-12/h2-3,8,16H,4-7,9H2,1H3,(H2,13,14). The van der Waals surface area contributed by atoms with Gasteiger partial charge in [0.25, 0.3) is 0 Å². The number of anilines is 2. The number of hydrogen-bond acceptors (Lipinski definition) is 5. The minimum atomic E-state index is -0.658. The quantitative estimate of drug-likeness (QED) is 0.807. The molecule has 1 aromatic heterocycles. The van der Waals surface area contributed by atoms with E-state index >= 15 is 0 Å². The fourth-order valence-corrected chi connectivity index (χ4v) is 2.07. The molecule has 0 unspecified atom stereocenters. The number of nitrogens with two attached hydrogens (primary N) is 1. The maximum Gasteiger partial charge on any atom is 0.123 e. The van der Waals surface area contributed by atoms with Gasteiger partial charge >= 0.3 is 0 Å². The fraction of sp³-hybridized carbons (Fsp3) is 0.583. The topological polar surface area (TPSA) is 71.6 Å². The van der Waals surface area contributed by atoms with Crippen LogP contribution in [0.25, 0.3) is 0 Å². The molecule has 2 rings (SSSR count). The molecule has 1 aliphatic rings. The number of ether oxygens (including phenoxy) is 1. The minimum absolute atomic E-state index is 0.506. The third-order valence-corrected chi connectivity index (χ3v) is 3.17. The Bertz CT molecular complexity index is 361. The Morgan fingerprint density at radius 3 is 2.76 bits per heavy atom. The molecule has 5 heteroatoms. The molecule has 5 nitrogen and oxygen atoms in total. The highest BCUT2D eigenvalue weighted by Crippen LogP contribution is 2.23. The molecule has 17 heavy (non-hydrogen) atoms. The highest BCUT2D eigenvalue weighted by atomic mass is 16.5. The summed E-state index contributed by atoms with van der Waals surface area (Å²) in [5.74, 6) is 0.506. The van der Waals surface area contributed by atoms with E-state index in [-0.39, 0.29) is 0 Å². The van der Waals surface area contributed by atoms with E-state index in [0.717, 1.165) is 5.69 Å². The number of nitrogens with zero attached hydrogens (tertiary/aromatic N) is 2. The van der Waals surface area contributed by atoms with Crippen LogP contribution >= 0.6 is 0 Å². The van der Waals surface area contributed by atoms with Crippen LogP contribution in [-0.2, 0) is 4.74 Å². The number of likely N-dealkylation sites (N-methyl/N-ethyl adjacent to an activating group) is 1. The largest absolute Gasteiger partial charge is 0.388 e. The van der Waals surface area contributed by atoms with Crippen molar-refractivity contribution < 1.29 is 9.84 Å². The van der Waals surface area contributed by atoms with Crippen molar-refractivity contribution in [1.29, 1.82) is 0 Å². The predicted molar refractivity (Wildman–Crippen MR) is 66.9 cm³/mol. The van der Waals surface area contributed by atoms with Crippen LogP contribution in [0, 0.1) is 0 Å². The van der Waals surface area contributed by atoms with Gasteiger partial charge in [0.1, 0.15) is 5.82 Å². The van der Waals surface area contributed by atoms with E-state index < -0.39 is 5.60 Å². The molecule has 1 aromatic rings. The number of hydrogen-bond donors (Lipinski definition) is 2. The summed E-state index contributed by atoms with van der Waals surface area (Å²) < 4.78 is 5.26. The Morgan fingerprint density at radius 2 is 2.18 bits per heavy atom. The third-order valence-electron chi connectivity index (χ3n) is 3.17. The summed E-state index contributed by atoms with van der Waals surface area (Å²) in [5, 5.41) is 10.4. The van der Waals surface area contributed by atoms with Crippen LogP contribution in [0.3, 0.4) is 0 Å². The summed E-state index contributed by atoms with van der Waals surface area (Å²) in [6, 6.07) is 3.67. The van der Waals surface area contributed by atoms with Crippen LogP contribution in [0.15, 0.2) is 18.3 Å². The van der Waals surface area contributed by atoms with Crippen molar-refractivity contribution in [3.63, 3.8) is 0 Å². The predicted octanol–water partition coefficient (Wildman–Crippen LogP) is 0.641. The van der Waals surface area contributed by atoms with Crippen molar-refractivity contribution in [2.45, 2.75) is 18.4 Å². The lowest BCUT2D eigenvalue weighted by Crippen LogP contribution is -2.45. The van der Waals surface area contributed by atoms with E-state index in [1.54, 1.807) is 12.3 Å². The maximum absolute atomic E-state index is 10.4. The fourth-order valence-electron chi connectivity index (χ4n) is 2.07. The third kappa shape index (κ3) is 3.08. The van der Waals surface area contributed by atoms with Crippen molar-refractivity contribution in [2.75, 3.05) is 37.4 Å². The van der Waals surface area contributed by atoms with Gasteiger partial charge in [0.05, 0.1) is 17.5 Å². The average molecular weight is 237 g/mol. The Kier molecular flexibility index (Phi) is 3.49. The number of aliphatic hydroxyl groups is 1. The van der Waals surface area contributed by atoms with Gasteiger partial charge in [-0.25, -0.2) is 4.98 Å². The molecule has 0 amide bonds. The molecule has 1 aliphatic heterocycles. The number of rotatable bonds is 3. The summed E-state index contributed by atoms with van der Waals surface area (Å²) >= 11 is 0. The van der Waals surface area contributed by atoms with Crippen LogP contribution in [0.2, 0.25) is 0 Å². The molecule has 0 bridgehead atoms. The first-order valence-electron chi connectivity index (χ1n) is 5.82. The van der Waals surface area contributed by atoms with E-state index in [4.69, 9.17) is 10.5 Å². The van der Waals surface area contributed by atoms with Crippen LogP contribution in [0.1, 0.15) is 12.8 Å². The van der Waals surface area contributed by atoms with Crippen LogP contribution in [-0.4, -0.2) is 42.5 Å². The summed E-state index contributed by atoms with van der Waals surface area (Å²) in [4.78, 5) is 6.04. The molecule has 0 atom stereocenters. The number of pyridine rings is 1. The van der Waals surface area contributed by atoms with Crippen molar-refractivity contribution in [3.8, 4) is 0 Å². The molecule has 0 radical (unpaired) electrons. The van der Waals surface area contributed by atoms with Gasteiger partial charge in [-0.1, -0.05) is 0 Å². The zero-order chi connectivity index (χ0) is 12.3. The van der Waals surface area contributed by atoms with Crippen LogP contribution in [0.5, 0.6) is 0 Å². The first-order valence-corrected chi connectivity index (χ1v) is 5.82. The van der Waals surface area contributed by atoms with Crippen molar-refractivity contribution >= 4 is 11.5 Å². The van der Waals surface area contributed by atoms with Gasteiger partial charge in [-0.05, 0) is 12.1 Å². The van der Waals surface area contributed by atoms with Gasteiger partial charge < -0.3 is 20.5 Å². The van der Waals surface area contributed by atoms with Gasteiger partial charge in [-0.3, -0.25) is 0 Å². The monoisotopic (exact) mass is 237 g/mol. The lowest BCUT2D eigenvalue weighted by Gasteiger charge is -2.36. The lowest BCUT2D eigenvalue weighted by molar-refractivity contribution is -0.0572. The summed E-state index contributed by atoms with van der Waals surface area (Å²) in [6.07, 6.45) is 3.08. The normalized spacial score (nSPS) is 18.9. The second-order valence-electron chi connectivity index (χ2n) is 4.63. The number of aromatic nitrogens is 1. The first kappa shape index (κ1) is 12.1. The van der Waals surface area contributed by atoms with Crippen molar-refractivity contribution in [2.24, 2.45) is 0 Å². The molecule has 0 aliphatic carbocycles. The molecular weight excluding hydrogens is 218 g/mol. The highest BCUT2D eigenvalue weighted by Gasteiger charge is 2.31. The van der Waals surface area contributed by atoms with Crippen LogP contribution < -0.4 is 10.6 Å². The Hall–Kier alpha value is -1.33. The summed E-state index contributed by atoms with van der Waals surface area (Å²) in [6.45, 7) is 1.84. The van der Waals surface area contributed by atoms with Crippen LogP contribution in [0.4, 0.5) is 11.5 Å². The Labute approximate surface area is 101 Å². The summed E-state index contributed by atoms with van der Waals surface area (Å²) in [7, 11) is 1.95. The maximum atomic E-state index is 10.4. The zero-order valence-corrected chi connectivity index (χ0v) is 10.1. The smallest absolute Gasteiger partial charge is 0.123 e. The minimum Gasteiger partial charge on any atom is -0.388 e. The molecule has 1 saturated heterocycles. The first-order chi connectivity index (χ1) is 8.09. The Morgan fingerprint density at radius 1 is 1.47 bits per heavy atom. The molecule has 94 valence electrons. The van der Waals surface area contributed by atoms with Gasteiger partial charge in [-0.15, -0.1) is 0 Å². The molecule has 2 heterocycles. The molecular formula is C12H19N3O2. The van der Waals surface area contributed by atoms with E-state index in [1.807, 2.05) is 18.0 Å². The van der Waals surface area contributed by atoms with Crippen molar-refractivity contribution in [1.82, 2.24) is 4.98 Å².